The van der Waals surface area contributed by atoms with Gasteiger partial charge < -0.3 is 10.6 Å². The van der Waals surface area contributed by atoms with Crippen molar-refractivity contribution < 1.29 is 4.79 Å². The molecule has 1 fully saturated rings. The number of para-hydroxylation sites is 1. The van der Waals surface area contributed by atoms with E-state index in [9.17, 15) is 4.79 Å². The number of benzene rings is 2. The monoisotopic (exact) mass is 422 g/mol. The molecule has 0 atom stereocenters. The number of nitrogens with zero attached hydrogens (tertiary/aromatic N) is 3. The molecular formula is C22H26N6OS. The van der Waals surface area contributed by atoms with E-state index in [2.05, 4.69) is 36.8 Å². The van der Waals surface area contributed by atoms with Gasteiger partial charge in [-0.05, 0) is 11.6 Å². The van der Waals surface area contributed by atoms with Gasteiger partial charge in [0.1, 0.15) is 5.82 Å². The molecule has 1 saturated heterocycles. The Hall–Kier alpha value is -2.84. The third kappa shape index (κ3) is 5.61. The normalized spacial score (nSPS) is 14.4. The van der Waals surface area contributed by atoms with Gasteiger partial charge in [-0.25, -0.2) is 9.78 Å². The molecule has 2 amide bonds. The molecule has 2 heterocycles. The first-order valence-corrected chi connectivity index (χ1v) is 11.3. The zero-order chi connectivity index (χ0) is 20.6. The van der Waals surface area contributed by atoms with Gasteiger partial charge in [-0.1, -0.05) is 48.5 Å². The lowest BCUT2D eigenvalue weighted by Gasteiger charge is -2.27. The summed E-state index contributed by atoms with van der Waals surface area (Å²) in [4.78, 5) is 19.3. The second-order valence-corrected chi connectivity index (χ2v) is 8.37. The van der Waals surface area contributed by atoms with Crippen LogP contribution >= 0.6 is 11.8 Å². The van der Waals surface area contributed by atoms with Crippen LogP contribution in [0.1, 0.15) is 11.4 Å². The minimum atomic E-state index is -0.209. The van der Waals surface area contributed by atoms with Gasteiger partial charge in [0.2, 0.25) is 0 Å². The fraction of sp³-hybridized carbons (Fsp3) is 0.318. The number of rotatable bonds is 7. The molecule has 8 heteroatoms. The number of nitrogens with one attached hydrogen (secondary N) is 3. The summed E-state index contributed by atoms with van der Waals surface area (Å²) in [6, 6.07) is 17.6. The van der Waals surface area contributed by atoms with E-state index < -0.39 is 0 Å². The largest absolute Gasteiger partial charge is 0.337 e. The van der Waals surface area contributed by atoms with Gasteiger partial charge in [0.05, 0.1) is 0 Å². The Labute approximate surface area is 180 Å². The second-order valence-electron chi connectivity index (χ2n) is 7.15. The van der Waals surface area contributed by atoms with Crippen LogP contribution < -0.4 is 10.6 Å². The van der Waals surface area contributed by atoms with Crippen LogP contribution in [0.2, 0.25) is 0 Å². The van der Waals surface area contributed by atoms with Crippen LogP contribution in [0.25, 0.3) is 11.4 Å². The summed E-state index contributed by atoms with van der Waals surface area (Å²) >= 11 is 2.00. The average molecular weight is 423 g/mol. The van der Waals surface area contributed by atoms with Crippen molar-refractivity contribution >= 4 is 23.5 Å². The fourth-order valence-electron chi connectivity index (χ4n) is 3.36. The zero-order valence-electron chi connectivity index (χ0n) is 16.8. The first-order chi connectivity index (χ1) is 14.8. The fourth-order valence-corrected chi connectivity index (χ4v) is 4.34. The summed E-state index contributed by atoms with van der Waals surface area (Å²) in [6.45, 7) is 3.51. The van der Waals surface area contributed by atoms with Crippen molar-refractivity contribution in [3.8, 4) is 11.4 Å². The summed E-state index contributed by atoms with van der Waals surface area (Å²) in [5.41, 5.74) is 2.97. The molecule has 2 aromatic carbocycles. The van der Waals surface area contributed by atoms with Crippen LogP contribution in [0.4, 0.5) is 10.5 Å². The minimum Gasteiger partial charge on any atom is -0.337 e. The number of carbonyl (C=O) groups is 1. The van der Waals surface area contributed by atoms with Gasteiger partial charge in [-0.2, -0.15) is 16.9 Å². The molecule has 0 saturated carbocycles. The topological polar surface area (TPSA) is 85.9 Å². The summed E-state index contributed by atoms with van der Waals surface area (Å²) in [7, 11) is 0. The zero-order valence-corrected chi connectivity index (χ0v) is 17.6. The van der Waals surface area contributed by atoms with Gasteiger partial charge in [-0.3, -0.25) is 10.00 Å². The van der Waals surface area contributed by atoms with Crippen LogP contribution in [-0.4, -0.2) is 57.3 Å². The van der Waals surface area contributed by atoms with Crippen LogP contribution in [0.5, 0.6) is 0 Å². The number of aromatic nitrogens is 3. The third-order valence-corrected chi connectivity index (χ3v) is 5.92. The predicted octanol–water partition coefficient (Wildman–Crippen LogP) is 3.38. The Kier molecular flexibility index (Phi) is 6.99. The third-order valence-electron chi connectivity index (χ3n) is 4.97. The van der Waals surface area contributed by atoms with Gasteiger partial charge >= 0.3 is 6.03 Å². The van der Waals surface area contributed by atoms with Crippen LogP contribution in [0, 0.1) is 0 Å². The quantitative estimate of drug-likeness (QED) is 0.543. The van der Waals surface area contributed by atoms with Gasteiger partial charge in [-0.15, -0.1) is 0 Å². The Morgan fingerprint density at radius 1 is 1.07 bits per heavy atom. The number of H-pyrrole nitrogens is 1. The van der Waals surface area contributed by atoms with Crippen molar-refractivity contribution in [2.45, 2.75) is 13.0 Å². The smallest absolute Gasteiger partial charge is 0.319 e. The Morgan fingerprint density at radius 2 is 1.83 bits per heavy atom. The molecule has 1 aliphatic heterocycles. The number of hydrogen-bond donors (Lipinski definition) is 3. The lowest BCUT2D eigenvalue weighted by Crippen LogP contribution is -2.33. The van der Waals surface area contributed by atoms with Crippen molar-refractivity contribution in [1.82, 2.24) is 25.4 Å². The van der Waals surface area contributed by atoms with E-state index in [1.807, 2.05) is 60.3 Å². The van der Waals surface area contributed by atoms with E-state index in [1.165, 1.54) is 11.5 Å². The van der Waals surface area contributed by atoms with Crippen molar-refractivity contribution in [2.75, 3.05) is 36.5 Å². The summed E-state index contributed by atoms with van der Waals surface area (Å²) in [5.74, 6) is 3.76. The molecule has 3 aromatic rings. The molecule has 0 aliphatic carbocycles. The van der Waals surface area contributed by atoms with E-state index in [4.69, 9.17) is 0 Å². The van der Waals surface area contributed by atoms with Crippen molar-refractivity contribution in [3.05, 3.63) is 66.0 Å². The van der Waals surface area contributed by atoms with Crippen LogP contribution in [0.3, 0.4) is 0 Å². The highest BCUT2D eigenvalue weighted by atomic mass is 32.2. The molecule has 30 heavy (non-hydrogen) atoms. The first-order valence-electron chi connectivity index (χ1n) is 10.2. The summed E-state index contributed by atoms with van der Waals surface area (Å²) < 4.78 is 0. The molecule has 0 unspecified atom stereocenters. The lowest BCUT2D eigenvalue weighted by molar-refractivity contribution is 0.252. The number of anilines is 1. The highest BCUT2D eigenvalue weighted by Crippen LogP contribution is 2.19. The molecule has 4 rings (SSSR count). The maximum atomic E-state index is 12.4. The number of hydrogen-bond acceptors (Lipinski definition) is 5. The molecule has 3 N–H and O–H groups in total. The van der Waals surface area contributed by atoms with Gasteiger partial charge in [0.15, 0.2) is 5.82 Å². The average Bonchev–Trinajstić information content (AvgIpc) is 3.25. The second kappa shape index (κ2) is 10.3. The van der Waals surface area contributed by atoms with Crippen LogP contribution in [0.15, 0.2) is 54.6 Å². The number of aromatic amines is 1. The summed E-state index contributed by atoms with van der Waals surface area (Å²) in [5, 5.41) is 13.1. The summed E-state index contributed by atoms with van der Waals surface area (Å²) in [6.07, 6.45) is 0.584. The van der Waals surface area contributed by atoms with E-state index in [-0.39, 0.29) is 6.03 Å². The van der Waals surface area contributed by atoms with Crippen molar-refractivity contribution in [2.24, 2.45) is 0 Å². The van der Waals surface area contributed by atoms with E-state index in [0.29, 0.717) is 18.8 Å². The SMILES string of the molecule is O=C(NCCc1nc(-c2ccccc2)n[nH]1)Nc1ccccc1CN1CCSCC1. The maximum absolute atomic E-state index is 12.4. The highest BCUT2D eigenvalue weighted by molar-refractivity contribution is 7.99. The number of amides is 2. The Bertz CT molecular complexity index is 955. The number of urea groups is 1. The maximum Gasteiger partial charge on any atom is 0.319 e. The molecule has 0 radical (unpaired) electrons. The number of thioether (sulfide) groups is 1. The molecule has 0 bridgehead atoms. The predicted molar refractivity (Wildman–Crippen MR) is 122 cm³/mol. The lowest BCUT2D eigenvalue weighted by atomic mass is 10.1. The molecule has 1 aliphatic rings. The first kappa shape index (κ1) is 20.4. The minimum absolute atomic E-state index is 0.209. The highest BCUT2D eigenvalue weighted by Gasteiger charge is 2.14. The van der Waals surface area contributed by atoms with E-state index >= 15 is 0 Å². The molecule has 156 valence electrons. The van der Waals surface area contributed by atoms with Crippen LogP contribution in [-0.2, 0) is 13.0 Å². The molecular weight excluding hydrogens is 396 g/mol. The Morgan fingerprint density at radius 3 is 2.67 bits per heavy atom. The van der Waals surface area contributed by atoms with Crippen molar-refractivity contribution in [1.29, 1.82) is 0 Å². The number of carbonyl (C=O) groups excluding carboxylic acids is 1. The van der Waals surface area contributed by atoms with E-state index in [0.717, 1.165) is 42.3 Å². The Balaban J connectivity index is 1.27. The van der Waals surface area contributed by atoms with Gasteiger partial charge in [0, 0.05) is 55.4 Å². The molecule has 7 nitrogen and oxygen atoms in total. The molecule has 1 aromatic heterocycles. The van der Waals surface area contributed by atoms with Crippen molar-refractivity contribution in [3.63, 3.8) is 0 Å². The molecule has 0 spiro atoms. The van der Waals surface area contributed by atoms with Gasteiger partial charge in [0.25, 0.3) is 0 Å². The van der Waals surface area contributed by atoms with E-state index in [1.54, 1.807) is 0 Å². The standard InChI is InChI=1S/C22H26N6OS/c29-22(23-11-10-20-25-21(27-26-20)17-6-2-1-3-7-17)24-19-9-5-4-8-18(19)16-28-12-14-30-15-13-28/h1-9H,10-16H2,(H2,23,24,29)(H,25,26,27).